The summed E-state index contributed by atoms with van der Waals surface area (Å²) in [6.07, 6.45) is 4.62. The van der Waals surface area contributed by atoms with Gasteiger partial charge in [0.05, 0.1) is 18.3 Å². The molecule has 1 heterocycles. The highest BCUT2D eigenvalue weighted by Crippen LogP contribution is 2.31. The second-order valence-electron chi connectivity index (χ2n) is 4.99. The van der Waals surface area contributed by atoms with Crippen molar-refractivity contribution < 1.29 is 17.9 Å². The van der Waals surface area contributed by atoms with Crippen LogP contribution in [0.1, 0.15) is 25.7 Å². The molecule has 0 atom stereocenters. The predicted octanol–water partition coefficient (Wildman–Crippen LogP) is 1.18. The van der Waals surface area contributed by atoms with Gasteiger partial charge >= 0.3 is 5.97 Å². The molecule has 0 aromatic carbocycles. The first-order valence-electron chi connectivity index (χ1n) is 6.64. The number of ether oxygens (including phenoxy) is 1. The van der Waals surface area contributed by atoms with Gasteiger partial charge in [-0.05, 0) is 12.8 Å². The van der Waals surface area contributed by atoms with Gasteiger partial charge in [0.25, 0.3) is 10.0 Å². The van der Waals surface area contributed by atoms with Crippen LogP contribution in [0.15, 0.2) is 11.2 Å². The number of hydrogen-bond donors (Lipinski definition) is 0. The van der Waals surface area contributed by atoms with Crippen LogP contribution in [0.3, 0.4) is 0 Å². The van der Waals surface area contributed by atoms with Crippen molar-refractivity contribution in [3.63, 3.8) is 0 Å². The largest absolute Gasteiger partial charge is 0.468 e. The van der Waals surface area contributed by atoms with Gasteiger partial charge in [0.1, 0.15) is 6.54 Å². The van der Waals surface area contributed by atoms with E-state index in [1.54, 1.807) is 0 Å². The topological polar surface area (TPSA) is 81.5 Å². The first kappa shape index (κ1) is 16.3. The zero-order valence-corrected chi connectivity index (χ0v) is 13.5. The molecule has 7 nitrogen and oxygen atoms in total. The summed E-state index contributed by atoms with van der Waals surface area (Å²) >= 11 is 5.95. The van der Waals surface area contributed by atoms with Crippen molar-refractivity contribution in [3.8, 4) is 0 Å². The Morgan fingerprint density at radius 3 is 2.62 bits per heavy atom. The molecule has 9 heteroatoms. The third kappa shape index (κ3) is 3.22. The molecule has 1 fully saturated rings. The van der Waals surface area contributed by atoms with Gasteiger partial charge in [-0.1, -0.05) is 24.4 Å². The third-order valence-corrected chi connectivity index (χ3v) is 6.05. The van der Waals surface area contributed by atoms with E-state index in [0.717, 1.165) is 25.7 Å². The van der Waals surface area contributed by atoms with Gasteiger partial charge in [-0.15, -0.1) is 0 Å². The maximum atomic E-state index is 12.8. The van der Waals surface area contributed by atoms with Gasteiger partial charge < -0.3 is 4.74 Å². The van der Waals surface area contributed by atoms with Crippen LogP contribution in [-0.4, -0.2) is 48.2 Å². The van der Waals surface area contributed by atoms with Crippen molar-refractivity contribution >= 4 is 27.6 Å². The Morgan fingerprint density at radius 1 is 1.52 bits per heavy atom. The number of methoxy groups -OCH3 is 1. The molecule has 0 saturated heterocycles. The molecule has 0 bridgehead atoms. The van der Waals surface area contributed by atoms with Crippen LogP contribution < -0.4 is 0 Å². The van der Waals surface area contributed by atoms with Crippen LogP contribution in [0, 0.1) is 0 Å². The zero-order chi connectivity index (χ0) is 15.6. The van der Waals surface area contributed by atoms with Gasteiger partial charge in [0.15, 0.2) is 5.03 Å². The van der Waals surface area contributed by atoms with Crippen molar-refractivity contribution in [1.29, 1.82) is 0 Å². The monoisotopic (exact) mass is 335 g/mol. The standard InChI is InChI=1S/C12H18ClN3O4S/c1-15-12(10(13)7-14-15)21(18,19)16(8-11(17)20-2)9-5-3-4-6-9/h7,9H,3-6,8H2,1-2H3. The van der Waals surface area contributed by atoms with Crippen molar-refractivity contribution in [2.45, 2.75) is 36.8 Å². The molecule has 1 aliphatic carbocycles. The Morgan fingerprint density at radius 2 is 2.14 bits per heavy atom. The number of carbonyl (C=O) groups is 1. The number of nitrogens with zero attached hydrogens (tertiary/aromatic N) is 3. The second-order valence-corrected chi connectivity index (χ2v) is 7.20. The number of aromatic nitrogens is 2. The minimum atomic E-state index is -3.91. The molecule has 2 rings (SSSR count). The van der Waals surface area contributed by atoms with Crippen molar-refractivity contribution in [3.05, 3.63) is 11.2 Å². The summed E-state index contributed by atoms with van der Waals surface area (Å²) in [7, 11) is -1.17. The first-order valence-corrected chi connectivity index (χ1v) is 8.46. The number of hydrogen-bond acceptors (Lipinski definition) is 5. The number of esters is 1. The fraction of sp³-hybridized carbons (Fsp3) is 0.667. The number of aryl methyl sites for hydroxylation is 1. The van der Waals surface area contributed by atoms with Gasteiger partial charge in [0, 0.05) is 13.1 Å². The number of halogens is 1. The van der Waals surface area contributed by atoms with E-state index in [4.69, 9.17) is 11.6 Å². The summed E-state index contributed by atoms with van der Waals surface area (Å²) in [6, 6.07) is -0.208. The first-order chi connectivity index (χ1) is 9.87. The van der Waals surface area contributed by atoms with E-state index in [0.29, 0.717) is 0 Å². The van der Waals surface area contributed by atoms with Gasteiger partial charge in [-0.3, -0.25) is 9.48 Å². The molecule has 0 radical (unpaired) electrons. The number of carbonyl (C=O) groups excluding carboxylic acids is 1. The van der Waals surface area contributed by atoms with E-state index >= 15 is 0 Å². The van der Waals surface area contributed by atoms with Gasteiger partial charge in [-0.25, -0.2) is 8.42 Å². The van der Waals surface area contributed by atoms with E-state index in [1.165, 1.54) is 29.3 Å². The molecule has 21 heavy (non-hydrogen) atoms. The molecular formula is C12H18ClN3O4S. The third-order valence-electron chi connectivity index (χ3n) is 3.64. The van der Waals surface area contributed by atoms with Crippen LogP contribution in [0.2, 0.25) is 5.02 Å². The summed E-state index contributed by atoms with van der Waals surface area (Å²) in [6.45, 7) is -0.314. The molecule has 0 spiro atoms. The lowest BCUT2D eigenvalue weighted by molar-refractivity contribution is -0.141. The molecular weight excluding hydrogens is 318 g/mol. The van der Waals surface area contributed by atoms with Crippen molar-refractivity contribution in [2.75, 3.05) is 13.7 Å². The van der Waals surface area contributed by atoms with E-state index in [1.807, 2.05) is 0 Å². The molecule has 1 saturated carbocycles. The average Bonchev–Trinajstić information content (AvgIpc) is 3.05. The summed E-state index contributed by atoms with van der Waals surface area (Å²) in [5, 5.41) is 3.80. The summed E-state index contributed by atoms with van der Waals surface area (Å²) < 4.78 is 32.7. The smallest absolute Gasteiger partial charge is 0.321 e. The molecule has 1 aromatic heterocycles. The van der Waals surface area contributed by atoms with Crippen LogP contribution in [0.25, 0.3) is 0 Å². The van der Waals surface area contributed by atoms with E-state index in [-0.39, 0.29) is 22.6 Å². The Bertz CT molecular complexity index is 603. The lowest BCUT2D eigenvalue weighted by atomic mass is 10.2. The molecule has 1 aliphatic rings. The Labute approximate surface area is 128 Å². The van der Waals surface area contributed by atoms with Crippen LogP contribution >= 0.6 is 11.6 Å². The van der Waals surface area contributed by atoms with Crippen molar-refractivity contribution in [1.82, 2.24) is 14.1 Å². The molecule has 0 unspecified atom stereocenters. The molecule has 0 N–H and O–H groups in total. The summed E-state index contributed by atoms with van der Waals surface area (Å²) in [5.41, 5.74) is 0. The summed E-state index contributed by atoms with van der Waals surface area (Å²) in [4.78, 5) is 11.6. The minimum absolute atomic E-state index is 0.0466. The van der Waals surface area contributed by atoms with Crippen LogP contribution in [-0.2, 0) is 26.6 Å². The van der Waals surface area contributed by atoms with Crippen LogP contribution in [0.5, 0.6) is 0 Å². The minimum Gasteiger partial charge on any atom is -0.468 e. The zero-order valence-electron chi connectivity index (χ0n) is 12.0. The maximum Gasteiger partial charge on any atom is 0.321 e. The van der Waals surface area contributed by atoms with Gasteiger partial charge in [0.2, 0.25) is 0 Å². The lowest BCUT2D eigenvalue weighted by Gasteiger charge is -2.26. The van der Waals surface area contributed by atoms with E-state index in [2.05, 4.69) is 9.84 Å². The normalized spacial score (nSPS) is 16.6. The highest BCUT2D eigenvalue weighted by Gasteiger charge is 2.37. The predicted molar refractivity (Wildman–Crippen MR) is 76.4 cm³/mol. The maximum absolute atomic E-state index is 12.8. The quantitative estimate of drug-likeness (QED) is 0.755. The van der Waals surface area contributed by atoms with Gasteiger partial charge in [-0.2, -0.15) is 9.40 Å². The van der Waals surface area contributed by atoms with Crippen LogP contribution in [0.4, 0.5) is 0 Å². The Kier molecular flexibility index (Phi) is 4.90. The highest BCUT2D eigenvalue weighted by atomic mass is 35.5. The number of rotatable bonds is 5. The number of sulfonamides is 1. The lowest BCUT2D eigenvalue weighted by Crippen LogP contribution is -2.43. The SMILES string of the molecule is COC(=O)CN(C1CCCC1)S(=O)(=O)c1c(Cl)cnn1C. The fourth-order valence-corrected chi connectivity index (χ4v) is 4.83. The molecule has 0 aliphatic heterocycles. The molecule has 1 aromatic rings. The Balaban J connectivity index is 2.41. The average molecular weight is 336 g/mol. The van der Waals surface area contributed by atoms with E-state index in [9.17, 15) is 13.2 Å². The summed E-state index contributed by atoms with van der Waals surface area (Å²) in [5.74, 6) is -0.594. The Hall–Kier alpha value is -1.12. The second kappa shape index (κ2) is 6.33. The highest BCUT2D eigenvalue weighted by molar-refractivity contribution is 7.89. The fourth-order valence-electron chi connectivity index (χ4n) is 2.60. The van der Waals surface area contributed by atoms with Crippen molar-refractivity contribution in [2.24, 2.45) is 7.05 Å². The van der Waals surface area contributed by atoms with E-state index < -0.39 is 16.0 Å². The molecule has 0 amide bonds. The molecule has 118 valence electrons.